The molecule has 3 rings (SSSR count). The van der Waals surface area contributed by atoms with Gasteiger partial charge in [0.1, 0.15) is 5.01 Å². The number of likely N-dealkylation sites (N-methyl/N-ethyl adjacent to an activating group) is 1. The van der Waals surface area contributed by atoms with Crippen LogP contribution in [0.4, 0.5) is 0 Å². The van der Waals surface area contributed by atoms with Crippen molar-refractivity contribution in [3.63, 3.8) is 0 Å². The van der Waals surface area contributed by atoms with Crippen molar-refractivity contribution in [2.24, 2.45) is 0 Å². The second-order valence-corrected chi connectivity index (χ2v) is 8.16. The molecular weight excluding hydrogens is 364 g/mol. The van der Waals surface area contributed by atoms with E-state index in [-0.39, 0.29) is 0 Å². The summed E-state index contributed by atoms with van der Waals surface area (Å²) in [6.07, 6.45) is 1.00. The predicted octanol–water partition coefficient (Wildman–Crippen LogP) is 5.06. The first-order valence-corrected chi connectivity index (χ1v) is 9.16. The summed E-state index contributed by atoms with van der Waals surface area (Å²) in [5.41, 5.74) is 2.32. The Morgan fingerprint density at radius 3 is 2.57 bits per heavy atom. The number of nitrogens with one attached hydrogen (secondary N) is 1. The maximum Gasteiger partial charge on any atom is 0.134 e. The second kappa shape index (κ2) is 6.83. The molecule has 1 N–H and O–H groups in total. The Morgan fingerprint density at radius 1 is 1.10 bits per heavy atom. The van der Waals surface area contributed by atoms with Crippen LogP contribution >= 0.6 is 38.6 Å². The van der Waals surface area contributed by atoms with Gasteiger partial charge in [0.05, 0.1) is 14.4 Å². The van der Waals surface area contributed by atoms with Gasteiger partial charge in [0.15, 0.2) is 0 Å². The van der Waals surface area contributed by atoms with E-state index in [1.807, 2.05) is 13.1 Å². The SMILES string of the molecule is CNCCc1sc(-c2ccc(Br)s2)nc1-c1ccccc1. The fourth-order valence-corrected chi connectivity index (χ4v) is 4.64. The third-order valence-electron chi connectivity index (χ3n) is 3.13. The first-order valence-electron chi connectivity index (χ1n) is 6.73. The zero-order valence-electron chi connectivity index (χ0n) is 11.6. The minimum absolute atomic E-state index is 0.968. The van der Waals surface area contributed by atoms with Crippen molar-refractivity contribution in [1.29, 1.82) is 0 Å². The summed E-state index contributed by atoms with van der Waals surface area (Å²) in [5, 5.41) is 4.33. The zero-order valence-corrected chi connectivity index (χ0v) is 14.8. The molecule has 0 atom stereocenters. The van der Waals surface area contributed by atoms with Gasteiger partial charge in [0.25, 0.3) is 0 Å². The summed E-state index contributed by atoms with van der Waals surface area (Å²) in [7, 11) is 1.99. The molecule has 0 spiro atoms. The van der Waals surface area contributed by atoms with E-state index >= 15 is 0 Å². The van der Waals surface area contributed by atoms with Crippen LogP contribution in [0.15, 0.2) is 46.3 Å². The summed E-state index contributed by atoms with van der Waals surface area (Å²) in [4.78, 5) is 7.46. The lowest BCUT2D eigenvalue weighted by Gasteiger charge is -2.01. The van der Waals surface area contributed by atoms with Crippen LogP contribution in [0.2, 0.25) is 0 Å². The van der Waals surface area contributed by atoms with Gasteiger partial charge in [-0.15, -0.1) is 22.7 Å². The van der Waals surface area contributed by atoms with Crippen LogP contribution in [-0.2, 0) is 6.42 Å². The van der Waals surface area contributed by atoms with Gasteiger partial charge in [0.2, 0.25) is 0 Å². The lowest BCUT2D eigenvalue weighted by atomic mass is 10.1. The van der Waals surface area contributed by atoms with Crippen LogP contribution in [0.5, 0.6) is 0 Å². The number of halogens is 1. The number of hydrogen-bond donors (Lipinski definition) is 1. The van der Waals surface area contributed by atoms with Gasteiger partial charge >= 0.3 is 0 Å². The molecule has 0 fully saturated rings. The average Bonchev–Trinajstić information content (AvgIpc) is 3.12. The maximum absolute atomic E-state index is 4.90. The van der Waals surface area contributed by atoms with Crippen LogP contribution < -0.4 is 5.32 Å². The molecule has 0 radical (unpaired) electrons. The number of rotatable bonds is 5. The fraction of sp³-hybridized carbons (Fsp3) is 0.188. The number of thiazole rings is 1. The molecular formula is C16H15BrN2S2. The van der Waals surface area contributed by atoms with Crippen LogP contribution in [0, 0.1) is 0 Å². The summed E-state index contributed by atoms with van der Waals surface area (Å²) in [5.74, 6) is 0. The van der Waals surface area contributed by atoms with Crippen LogP contribution in [0.3, 0.4) is 0 Å². The molecule has 0 amide bonds. The molecule has 2 aromatic heterocycles. The van der Waals surface area contributed by atoms with Crippen LogP contribution in [0.25, 0.3) is 21.1 Å². The topological polar surface area (TPSA) is 24.9 Å². The first-order chi connectivity index (χ1) is 10.3. The Labute approximate surface area is 141 Å². The molecule has 0 aliphatic carbocycles. The van der Waals surface area contributed by atoms with Gasteiger partial charge in [-0.05, 0) is 48.1 Å². The summed E-state index contributed by atoms with van der Waals surface area (Å²) >= 11 is 7.06. The summed E-state index contributed by atoms with van der Waals surface area (Å²) in [6.45, 7) is 0.968. The van der Waals surface area contributed by atoms with Crippen molar-refractivity contribution in [2.75, 3.05) is 13.6 Å². The third-order valence-corrected chi connectivity index (χ3v) is 6.04. The molecule has 0 bridgehead atoms. The Hall–Kier alpha value is -1.01. The van der Waals surface area contributed by atoms with Gasteiger partial charge < -0.3 is 5.32 Å². The fourth-order valence-electron chi connectivity index (χ4n) is 2.12. The van der Waals surface area contributed by atoms with E-state index in [9.17, 15) is 0 Å². The van der Waals surface area contributed by atoms with Gasteiger partial charge in [-0.25, -0.2) is 4.98 Å². The number of nitrogens with zero attached hydrogens (tertiary/aromatic N) is 1. The Morgan fingerprint density at radius 2 is 1.90 bits per heavy atom. The second-order valence-electron chi connectivity index (χ2n) is 4.61. The molecule has 0 aliphatic heterocycles. The van der Waals surface area contributed by atoms with Crippen molar-refractivity contribution >= 4 is 38.6 Å². The van der Waals surface area contributed by atoms with Crippen molar-refractivity contribution in [3.8, 4) is 21.1 Å². The highest BCUT2D eigenvalue weighted by Gasteiger charge is 2.15. The highest BCUT2D eigenvalue weighted by atomic mass is 79.9. The van der Waals surface area contributed by atoms with E-state index in [0.717, 1.165) is 27.5 Å². The lowest BCUT2D eigenvalue weighted by Crippen LogP contribution is -2.09. The minimum Gasteiger partial charge on any atom is -0.319 e. The van der Waals surface area contributed by atoms with Gasteiger partial charge in [-0.1, -0.05) is 30.3 Å². The van der Waals surface area contributed by atoms with E-state index < -0.39 is 0 Å². The van der Waals surface area contributed by atoms with Gasteiger partial charge in [-0.2, -0.15) is 0 Å². The molecule has 1 aromatic carbocycles. The lowest BCUT2D eigenvalue weighted by molar-refractivity contribution is 0.799. The minimum atomic E-state index is 0.968. The molecule has 108 valence electrons. The number of aromatic nitrogens is 1. The van der Waals surface area contributed by atoms with Crippen molar-refractivity contribution < 1.29 is 0 Å². The molecule has 3 aromatic rings. The molecule has 2 heterocycles. The smallest absolute Gasteiger partial charge is 0.134 e. The zero-order chi connectivity index (χ0) is 14.7. The van der Waals surface area contributed by atoms with E-state index in [1.165, 1.54) is 15.3 Å². The number of hydrogen-bond acceptors (Lipinski definition) is 4. The number of benzene rings is 1. The Kier molecular flexibility index (Phi) is 4.85. The molecule has 0 saturated carbocycles. The highest BCUT2D eigenvalue weighted by molar-refractivity contribution is 9.11. The molecule has 5 heteroatoms. The Balaban J connectivity index is 2.03. The highest BCUT2D eigenvalue weighted by Crippen LogP contribution is 2.38. The van der Waals surface area contributed by atoms with Crippen molar-refractivity contribution in [2.45, 2.75) is 6.42 Å². The maximum atomic E-state index is 4.90. The molecule has 0 unspecified atom stereocenters. The normalized spacial score (nSPS) is 11.0. The first kappa shape index (κ1) is 14.9. The van der Waals surface area contributed by atoms with Crippen molar-refractivity contribution in [3.05, 3.63) is 51.1 Å². The van der Waals surface area contributed by atoms with Crippen molar-refractivity contribution in [1.82, 2.24) is 10.3 Å². The third kappa shape index (κ3) is 3.43. The largest absolute Gasteiger partial charge is 0.319 e. The molecule has 21 heavy (non-hydrogen) atoms. The number of thiophene rings is 1. The van der Waals surface area contributed by atoms with Gasteiger partial charge in [-0.3, -0.25) is 0 Å². The summed E-state index contributed by atoms with van der Waals surface area (Å²) in [6, 6.07) is 14.6. The molecule has 0 aliphatic rings. The van der Waals surface area contributed by atoms with Crippen LogP contribution in [0.1, 0.15) is 4.88 Å². The van der Waals surface area contributed by atoms with E-state index in [2.05, 4.69) is 57.6 Å². The predicted molar refractivity (Wildman–Crippen MR) is 96.2 cm³/mol. The van der Waals surface area contributed by atoms with E-state index in [4.69, 9.17) is 4.98 Å². The molecule has 0 saturated heterocycles. The Bertz CT molecular complexity index is 719. The summed E-state index contributed by atoms with van der Waals surface area (Å²) < 4.78 is 1.14. The van der Waals surface area contributed by atoms with E-state index in [0.29, 0.717) is 0 Å². The monoisotopic (exact) mass is 378 g/mol. The van der Waals surface area contributed by atoms with E-state index in [1.54, 1.807) is 22.7 Å². The standard InChI is InChI=1S/C16H15BrN2S2/c1-18-10-9-12-15(11-5-3-2-4-6-11)19-16(21-12)13-7-8-14(17)20-13/h2-8,18H,9-10H2,1H3. The van der Waals surface area contributed by atoms with Crippen LogP contribution in [-0.4, -0.2) is 18.6 Å². The quantitative estimate of drug-likeness (QED) is 0.670. The van der Waals surface area contributed by atoms with Gasteiger partial charge in [0, 0.05) is 10.4 Å². The average molecular weight is 379 g/mol. The molecule has 2 nitrogen and oxygen atoms in total.